The second-order valence-corrected chi connectivity index (χ2v) is 8.49. The van der Waals surface area contributed by atoms with Crippen molar-refractivity contribution in [1.82, 2.24) is 9.62 Å². The van der Waals surface area contributed by atoms with Crippen LogP contribution in [0.15, 0.2) is 16.3 Å². The van der Waals surface area contributed by atoms with Gasteiger partial charge in [0.2, 0.25) is 11.8 Å². The molecule has 2 amide bonds. The maximum atomic E-state index is 12.6. The summed E-state index contributed by atoms with van der Waals surface area (Å²) in [5.41, 5.74) is 5.28. The van der Waals surface area contributed by atoms with Gasteiger partial charge in [-0.15, -0.1) is 11.3 Å². The molecule has 7 nitrogen and oxygen atoms in total. The molecule has 1 aromatic heterocycles. The Bertz CT molecular complexity index is 683. The third-order valence-electron chi connectivity index (χ3n) is 3.54. The number of sulfonamides is 1. The van der Waals surface area contributed by atoms with Crippen LogP contribution in [0.5, 0.6) is 0 Å². The van der Waals surface area contributed by atoms with Crippen molar-refractivity contribution in [3.63, 3.8) is 0 Å². The average molecular weight is 345 g/mol. The Balaban J connectivity index is 2.25. The molecule has 2 rings (SSSR count). The molecule has 1 fully saturated rings. The molecule has 0 radical (unpaired) electrons. The lowest BCUT2D eigenvalue weighted by Gasteiger charge is -2.20. The summed E-state index contributed by atoms with van der Waals surface area (Å²) in [4.78, 5) is 23.2. The van der Waals surface area contributed by atoms with E-state index in [0.717, 1.165) is 16.2 Å². The van der Waals surface area contributed by atoms with Crippen molar-refractivity contribution in [1.29, 1.82) is 0 Å². The fraction of sp³-hybridized carbons (Fsp3) is 0.538. The van der Waals surface area contributed by atoms with E-state index >= 15 is 0 Å². The van der Waals surface area contributed by atoms with Gasteiger partial charge in [-0.3, -0.25) is 9.59 Å². The lowest BCUT2D eigenvalue weighted by Crippen LogP contribution is -2.43. The molecule has 3 N–H and O–H groups in total. The maximum absolute atomic E-state index is 12.6. The van der Waals surface area contributed by atoms with E-state index in [9.17, 15) is 18.0 Å². The largest absolute Gasteiger partial charge is 0.368 e. The molecular formula is C13H19N3O4S2. The molecule has 2 atom stereocenters. The van der Waals surface area contributed by atoms with Gasteiger partial charge in [-0.05, 0) is 31.9 Å². The van der Waals surface area contributed by atoms with Crippen LogP contribution in [-0.2, 0) is 19.6 Å². The Labute approximate surface area is 133 Å². The molecule has 22 heavy (non-hydrogen) atoms. The number of amides is 2. The van der Waals surface area contributed by atoms with E-state index in [0.29, 0.717) is 19.4 Å². The van der Waals surface area contributed by atoms with Gasteiger partial charge in [0.05, 0.1) is 6.04 Å². The van der Waals surface area contributed by atoms with Gasteiger partial charge in [-0.25, -0.2) is 8.42 Å². The normalized spacial score (nSPS) is 20.7. The molecule has 0 unspecified atom stereocenters. The van der Waals surface area contributed by atoms with Crippen molar-refractivity contribution >= 4 is 33.2 Å². The zero-order valence-electron chi connectivity index (χ0n) is 12.4. The van der Waals surface area contributed by atoms with Gasteiger partial charge in [0, 0.05) is 18.3 Å². The number of rotatable bonds is 5. The number of nitrogens with one attached hydrogen (secondary N) is 1. The number of hydrogen-bond donors (Lipinski definition) is 2. The lowest BCUT2D eigenvalue weighted by atomic mass is 10.2. The molecule has 0 bridgehead atoms. The average Bonchev–Trinajstić information content (AvgIpc) is 3.08. The summed E-state index contributed by atoms with van der Waals surface area (Å²) in [5, 5.41) is 2.71. The number of thiophene rings is 1. The smallest absolute Gasteiger partial charge is 0.253 e. The number of nitrogens with zero attached hydrogens (tertiary/aromatic N) is 1. The van der Waals surface area contributed by atoms with Gasteiger partial charge >= 0.3 is 0 Å². The minimum absolute atomic E-state index is 0.160. The van der Waals surface area contributed by atoms with Crippen LogP contribution in [0.4, 0.5) is 0 Å². The highest BCUT2D eigenvalue weighted by Gasteiger charge is 2.39. The summed E-state index contributed by atoms with van der Waals surface area (Å²) >= 11 is 1.09. The highest BCUT2D eigenvalue weighted by atomic mass is 32.2. The van der Waals surface area contributed by atoms with Gasteiger partial charge in [-0.1, -0.05) is 0 Å². The van der Waals surface area contributed by atoms with Crippen molar-refractivity contribution in [3.8, 4) is 0 Å². The van der Waals surface area contributed by atoms with Crippen molar-refractivity contribution in [3.05, 3.63) is 17.0 Å². The molecule has 0 aliphatic carbocycles. The third kappa shape index (κ3) is 3.31. The molecule has 122 valence electrons. The van der Waals surface area contributed by atoms with E-state index in [1.165, 1.54) is 17.3 Å². The summed E-state index contributed by atoms with van der Waals surface area (Å²) < 4.78 is 26.6. The van der Waals surface area contributed by atoms with Gasteiger partial charge in [0.25, 0.3) is 10.0 Å². The van der Waals surface area contributed by atoms with Crippen LogP contribution < -0.4 is 11.1 Å². The van der Waals surface area contributed by atoms with E-state index < -0.39 is 22.0 Å². The molecule has 9 heteroatoms. The first-order valence-electron chi connectivity index (χ1n) is 6.91. The molecule has 1 aliphatic heterocycles. The van der Waals surface area contributed by atoms with Gasteiger partial charge < -0.3 is 11.1 Å². The summed E-state index contributed by atoms with van der Waals surface area (Å²) in [6, 6.07) is 2.14. The minimum Gasteiger partial charge on any atom is -0.368 e. The van der Waals surface area contributed by atoms with Crippen molar-refractivity contribution in [2.45, 2.75) is 43.0 Å². The zero-order chi connectivity index (χ0) is 16.5. The minimum atomic E-state index is -3.74. The number of primary amides is 1. The van der Waals surface area contributed by atoms with Crippen LogP contribution in [0.3, 0.4) is 0 Å². The Morgan fingerprint density at radius 2 is 2.14 bits per heavy atom. The summed E-state index contributed by atoms with van der Waals surface area (Å²) in [7, 11) is -3.74. The first-order chi connectivity index (χ1) is 10.2. The molecule has 1 saturated heterocycles. The van der Waals surface area contributed by atoms with Crippen LogP contribution in [0, 0.1) is 0 Å². The molecule has 1 aliphatic rings. The van der Waals surface area contributed by atoms with E-state index in [1.54, 1.807) is 13.0 Å². The van der Waals surface area contributed by atoms with Gasteiger partial charge in [0.1, 0.15) is 10.3 Å². The highest BCUT2D eigenvalue weighted by molar-refractivity contribution is 7.91. The monoisotopic (exact) mass is 345 g/mol. The van der Waals surface area contributed by atoms with Crippen LogP contribution >= 0.6 is 11.3 Å². The molecule has 1 aromatic rings. The predicted octanol–water partition coefficient (Wildman–Crippen LogP) is 0.584. The topological polar surface area (TPSA) is 110 Å². The number of carbonyl (C=O) groups is 2. The summed E-state index contributed by atoms with van der Waals surface area (Å²) in [6.45, 7) is 3.49. The van der Waals surface area contributed by atoms with Crippen molar-refractivity contribution < 1.29 is 18.0 Å². The molecule has 0 aromatic carbocycles. The predicted molar refractivity (Wildman–Crippen MR) is 82.7 cm³/mol. The van der Waals surface area contributed by atoms with E-state index in [4.69, 9.17) is 5.73 Å². The highest BCUT2D eigenvalue weighted by Crippen LogP contribution is 2.32. The number of carbonyl (C=O) groups excluding carboxylic acids is 2. The number of nitrogens with two attached hydrogens (primary N) is 1. The SMILES string of the molecule is CC(=O)N[C@@H](C)c1ccc(S(=O)(=O)N2CCC[C@@H]2C(N)=O)s1. The second kappa shape index (κ2) is 6.35. The second-order valence-electron chi connectivity index (χ2n) is 5.26. The fourth-order valence-electron chi connectivity index (χ4n) is 2.51. The first kappa shape index (κ1) is 16.9. The Morgan fingerprint density at radius 3 is 2.73 bits per heavy atom. The Kier molecular flexibility index (Phi) is 4.88. The summed E-state index contributed by atoms with van der Waals surface area (Å²) in [5.74, 6) is -0.803. The van der Waals surface area contributed by atoms with E-state index in [1.807, 2.05) is 0 Å². The Morgan fingerprint density at radius 1 is 1.45 bits per heavy atom. The maximum Gasteiger partial charge on any atom is 0.253 e. The quantitative estimate of drug-likeness (QED) is 0.813. The number of hydrogen-bond acceptors (Lipinski definition) is 5. The van der Waals surface area contributed by atoms with Crippen molar-refractivity contribution in [2.24, 2.45) is 5.73 Å². The van der Waals surface area contributed by atoms with E-state index in [-0.39, 0.29) is 16.2 Å². The molecule has 0 saturated carbocycles. The zero-order valence-corrected chi connectivity index (χ0v) is 14.0. The van der Waals surface area contributed by atoms with Crippen LogP contribution in [0.2, 0.25) is 0 Å². The third-order valence-corrected chi connectivity index (χ3v) is 7.19. The van der Waals surface area contributed by atoms with Crippen molar-refractivity contribution in [2.75, 3.05) is 6.54 Å². The first-order valence-corrected chi connectivity index (χ1v) is 9.17. The van der Waals surface area contributed by atoms with E-state index in [2.05, 4.69) is 5.32 Å². The summed E-state index contributed by atoms with van der Waals surface area (Å²) in [6.07, 6.45) is 1.07. The Hall–Kier alpha value is -1.45. The van der Waals surface area contributed by atoms with Crippen LogP contribution in [0.1, 0.15) is 37.6 Å². The van der Waals surface area contributed by atoms with Crippen LogP contribution in [-0.4, -0.2) is 37.1 Å². The molecule has 2 heterocycles. The molecular weight excluding hydrogens is 326 g/mol. The standard InChI is InChI=1S/C13H19N3O4S2/c1-8(15-9(2)17)11-5-6-12(21-11)22(19,20)16-7-3-4-10(16)13(14)18/h5-6,8,10H,3-4,7H2,1-2H3,(H2,14,18)(H,15,17)/t8-,10+/m0/s1. The van der Waals surface area contributed by atoms with Gasteiger partial charge in [-0.2, -0.15) is 4.31 Å². The fourth-order valence-corrected chi connectivity index (χ4v) is 5.63. The lowest BCUT2D eigenvalue weighted by molar-refractivity contribution is -0.121. The van der Waals surface area contributed by atoms with Crippen LogP contribution in [0.25, 0.3) is 0 Å². The van der Waals surface area contributed by atoms with Gasteiger partial charge in [0.15, 0.2) is 0 Å². The molecule has 0 spiro atoms.